The number of hydrogen-bond acceptors (Lipinski definition) is 3. The molecule has 0 saturated carbocycles. The van der Waals surface area contributed by atoms with Crippen molar-refractivity contribution >= 4 is 11.3 Å². The largest absolute Gasteiger partial charge is 0.391 e. The number of hydrogen-bond donors (Lipinski definition) is 1. The van der Waals surface area contributed by atoms with Crippen LogP contribution in [0, 0.1) is 12.8 Å². The average Bonchev–Trinajstić information content (AvgIpc) is 2.29. The van der Waals surface area contributed by atoms with Crippen molar-refractivity contribution in [3.8, 4) is 0 Å². The van der Waals surface area contributed by atoms with Crippen LogP contribution in [0.4, 0.5) is 0 Å². The summed E-state index contributed by atoms with van der Waals surface area (Å²) < 4.78 is 0. The van der Waals surface area contributed by atoms with Gasteiger partial charge in [0.15, 0.2) is 0 Å². The van der Waals surface area contributed by atoms with Crippen molar-refractivity contribution in [3.05, 3.63) is 15.6 Å². The second-order valence-corrected chi connectivity index (χ2v) is 4.54. The zero-order valence-corrected chi connectivity index (χ0v) is 8.61. The predicted octanol–water partition coefficient (Wildman–Crippen LogP) is 2.14. The summed E-state index contributed by atoms with van der Waals surface area (Å²) in [5, 5.41) is 10.1. The van der Waals surface area contributed by atoms with Crippen LogP contribution in [0.5, 0.6) is 0 Å². The second kappa shape index (κ2) is 4.01. The van der Waals surface area contributed by atoms with Gasteiger partial charge in [-0.3, -0.25) is 0 Å². The van der Waals surface area contributed by atoms with E-state index in [1.807, 2.05) is 6.92 Å². The third-order valence-corrected chi connectivity index (χ3v) is 2.83. The number of rotatable bonds is 3. The van der Waals surface area contributed by atoms with Crippen LogP contribution in [-0.4, -0.2) is 10.1 Å². The average molecular weight is 185 g/mol. The van der Waals surface area contributed by atoms with E-state index in [1.54, 1.807) is 11.3 Å². The first-order valence-corrected chi connectivity index (χ1v) is 5.01. The summed E-state index contributed by atoms with van der Waals surface area (Å²) in [6.07, 6.45) is 1.02. The van der Waals surface area contributed by atoms with Crippen LogP contribution in [0.25, 0.3) is 0 Å². The van der Waals surface area contributed by atoms with E-state index in [0.29, 0.717) is 5.92 Å². The Hall–Kier alpha value is -0.410. The van der Waals surface area contributed by atoms with Crippen LogP contribution in [-0.2, 0) is 13.0 Å². The molecular weight excluding hydrogens is 170 g/mol. The van der Waals surface area contributed by atoms with Crippen LogP contribution >= 0.6 is 11.3 Å². The van der Waals surface area contributed by atoms with Crippen LogP contribution < -0.4 is 0 Å². The van der Waals surface area contributed by atoms with E-state index in [1.165, 1.54) is 0 Å². The summed E-state index contributed by atoms with van der Waals surface area (Å²) in [6, 6.07) is 0. The van der Waals surface area contributed by atoms with E-state index in [-0.39, 0.29) is 6.61 Å². The third kappa shape index (κ3) is 2.29. The molecule has 0 atom stereocenters. The number of aliphatic hydroxyl groups is 1. The molecule has 1 aromatic rings. The number of thiazole rings is 1. The van der Waals surface area contributed by atoms with Crippen molar-refractivity contribution < 1.29 is 5.11 Å². The zero-order valence-electron chi connectivity index (χ0n) is 7.79. The molecule has 0 unspecified atom stereocenters. The minimum absolute atomic E-state index is 0.127. The first-order chi connectivity index (χ1) is 5.63. The summed E-state index contributed by atoms with van der Waals surface area (Å²) in [7, 11) is 0. The van der Waals surface area contributed by atoms with Gasteiger partial charge in [-0.05, 0) is 12.8 Å². The smallest absolute Gasteiger partial charge is 0.0934 e. The Bertz CT molecular complexity index is 255. The topological polar surface area (TPSA) is 33.1 Å². The van der Waals surface area contributed by atoms with E-state index in [2.05, 4.69) is 18.8 Å². The number of aromatic nitrogens is 1. The Morgan fingerprint density at radius 2 is 2.17 bits per heavy atom. The highest BCUT2D eigenvalue weighted by Gasteiger charge is 2.07. The van der Waals surface area contributed by atoms with Crippen molar-refractivity contribution in [2.75, 3.05) is 0 Å². The molecule has 68 valence electrons. The molecule has 3 heteroatoms. The molecule has 0 aromatic carbocycles. The molecule has 0 aliphatic carbocycles. The Morgan fingerprint density at radius 3 is 2.58 bits per heavy atom. The highest BCUT2D eigenvalue weighted by molar-refractivity contribution is 7.11. The fourth-order valence-electron chi connectivity index (χ4n) is 1.07. The van der Waals surface area contributed by atoms with Crippen LogP contribution in [0.15, 0.2) is 0 Å². The summed E-state index contributed by atoms with van der Waals surface area (Å²) >= 11 is 1.63. The number of nitrogens with zero attached hydrogens (tertiary/aromatic N) is 1. The van der Waals surface area contributed by atoms with Crippen molar-refractivity contribution in [1.82, 2.24) is 4.98 Å². The molecule has 0 spiro atoms. The molecule has 1 N–H and O–H groups in total. The third-order valence-electron chi connectivity index (χ3n) is 1.66. The Morgan fingerprint density at radius 1 is 1.50 bits per heavy atom. The lowest BCUT2D eigenvalue weighted by molar-refractivity contribution is 0.284. The van der Waals surface area contributed by atoms with Crippen molar-refractivity contribution in [1.29, 1.82) is 0 Å². The van der Waals surface area contributed by atoms with Gasteiger partial charge in [0, 0.05) is 6.42 Å². The van der Waals surface area contributed by atoms with Gasteiger partial charge in [-0.2, -0.15) is 0 Å². The van der Waals surface area contributed by atoms with E-state index in [4.69, 9.17) is 5.11 Å². The van der Waals surface area contributed by atoms with Gasteiger partial charge in [0.1, 0.15) is 0 Å². The fraction of sp³-hybridized carbons (Fsp3) is 0.667. The normalized spacial score (nSPS) is 11.1. The number of aliphatic hydroxyl groups excluding tert-OH is 1. The Kier molecular flexibility index (Phi) is 3.23. The van der Waals surface area contributed by atoms with Gasteiger partial charge in [0.2, 0.25) is 0 Å². The quantitative estimate of drug-likeness (QED) is 0.782. The van der Waals surface area contributed by atoms with Gasteiger partial charge in [0.25, 0.3) is 0 Å². The molecule has 12 heavy (non-hydrogen) atoms. The maximum absolute atomic E-state index is 8.94. The summed E-state index contributed by atoms with van der Waals surface area (Å²) in [6.45, 7) is 6.43. The molecule has 0 bridgehead atoms. The van der Waals surface area contributed by atoms with Crippen LogP contribution in [0.2, 0.25) is 0 Å². The lowest BCUT2D eigenvalue weighted by atomic mass is 10.1. The summed E-state index contributed by atoms with van der Waals surface area (Å²) in [4.78, 5) is 5.39. The molecule has 1 rings (SSSR count). The van der Waals surface area contributed by atoms with Gasteiger partial charge in [-0.25, -0.2) is 4.98 Å². The fourth-order valence-corrected chi connectivity index (χ4v) is 2.21. The standard InChI is InChI=1S/C9H15NOS/c1-6(2)4-9-10-7(3)8(5-11)12-9/h6,11H,4-5H2,1-3H3. The minimum atomic E-state index is 0.127. The van der Waals surface area contributed by atoms with Gasteiger partial charge in [-0.15, -0.1) is 11.3 Å². The van der Waals surface area contributed by atoms with Gasteiger partial charge in [0.05, 0.1) is 22.2 Å². The Labute approximate surface area is 77.3 Å². The Balaban J connectivity index is 2.75. The highest BCUT2D eigenvalue weighted by Crippen LogP contribution is 2.20. The van der Waals surface area contributed by atoms with E-state index >= 15 is 0 Å². The van der Waals surface area contributed by atoms with E-state index < -0.39 is 0 Å². The first kappa shape index (κ1) is 9.68. The van der Waals surface area contributed by atoms with E-state index in [0.717, 1.165) is 22.0 Å². The van der Waals surface area contributed by atoms with Gasteiger partial charge < -0.3 is 5.11 Å². The van der Waals surface area contributed by atoms with E-state index in [9.17, 15) is 0 Å². The first-order valence-electron chi connectivity index (χ1n) is 4.19. The van der Waals surface area contributed by atoms with Crippen molar-refractivity contribution in [2.24, 2.45) is 5.92 Å². The maximum Gasteiger partial charge on any atom is 0.0934 e. The molecule has 1 heterocycles. The lowest BCUT2D eigenvalue weighted by Gasteiger charge is -1.97. The number of aryl methyl sites for hydroxylation is 1. The van der Waals surface area contributed by atoms with Crippen LogP contribution in [0.3, 0.4) is 0 Å². The predicted molar refractivity (Wildman–Crippen MR) is 51.3 cm³/mol. The molecule has 0 aliphatic rings. The van der Waals surface area contributed by atoms with Gasteiger partial charge in [-0.1, -0.05) is 13.8 Å². The molecule has 1 aromatic heterocycles. The monoisotopic (exact) mass is 185 g/mol. The molecule has 0 radical (unpaired) electrons. The lowest BCUT2D eigenvalue weighted by Crippen LogP contribution is -1.92. The summed E-state index contributed by atoms with van der Waals surface area (Å²) in [5.74, 6) is 0.641. The molecule has 0 fully saturated rings. The minimum Gasteiger partial charge on any atom is -0.391 e. The van der Waals surface area contributed by atoms with Crippen LogP contribution in [0.1, 0.15) is 29.4 Å². The second-order valence-electron chi connectivity index (χ2n) is 3.37. The maximum atomic E-state index is 8.94. The molecule has 0 aliphatic heterocycles. The molecule has 0 amide bonds. The van der Waals surface area contributed by atoms with Crippen molar-refractivity contribution in [3.63, 3.8) is 0 Å². The summed E-state index contributed by atoms with van der Waals surface area (Å²) in [5.41, 5.74) is 0.984. The van der Waals surface area contributed by atoms with Crippen molar-refractivity contribution in [2.45, 2.75) is 33.8 Å². The molecular formula is C9H15NOS. The molecule has 0 saturated heterocycles. The highest BCUT2D eigenvalue weighted by atomic mass is 32.1. The molecule has 2 nitrogen and oxygen atoms in total. The SMILES string of the molecule is Cc1nc(CC(C)C)sc1CO. The van der Waals surface area contributed by atoms with Gasteiger partial charge >= 0.3 is 0 Å². The zero-order chi connectivity index (χ0) is 9.14.